The number of amides is 2. The lowest BCUT2D eigenvalue weighted by molar-refractivity contribution is -0.130. The maximum atomic E-state index is 11.8. The van der Waals surface area contributed by atoms with Crippen LogP contribution < -0.4 is 5.32 Å². The molecule has 0 bridgehead atoms. The van der Waals surface area contributed by atoms with E-state index in [1.165, 1.54) is 12.8 Å². The van der Waals surface area contributed by atoms with Crippen molar-refractivity contribution in [1.29, 1.82) is 0 Å². The van der Waals surface area contributed by atoms with Gasteiger partial charge in [-0.05, 0) is 19.3 Å². The molecular formula is C15H25N5O2. The molecule has 1 unspecified atom stereocenters. The third kappa shape index (κ3) is 3.34. The van der Waals surface area contributed by atoms with Crippen LogP contribution in [0.1, 0.15) is 25.7 Å². The minimum Gasteiger partial charge on any atom is -0.353 e. The lowest BCUT2D eigenvalue weighted by Gasteiger charge is -2.39. The Morgan fingerprint density at radius 3 is 2.77 bits per heavy atom. The molecule has 2 amide bonds. The second-order valence-corrected chi connectivity index (χ2v) is 6.57. The fourth-order valence-corrected chi connectivity index (χ4v) is 2.99. The van der Waals surface area contributed by atoms with Crippen LogP contribution in [0.2, 0.25) is 0 Å². The summed E-state index contributed by atoms with van der Waals surface area (Å²) in [5, 5.41) is 3.45. The van der Waals surface area contributed by atoms with Crippen molar-refractivity contribution >= 4 is 17.8 Å². The molecule has 1 atom stereocenters. The smallest absolute Gasteiger partial charge is 0.243 e. The SMILES string of the molecule is CN(C)C(=O)CN=C(NC1CC1)N1CCN2C(=O)CCC2C1. The maximum absolute atomic E-state index is 11.8. The second kappa shape index (κ2) is 6.14. The molecule has 3 aliphatic rings. The standard InChI is InChI=1S/C15H25N5O2/c1-18(2)14(22)9-16-15(17-11-3-4-11)19-7-8-20-12(10-19)5-6-13(20)21/h11-12H,3-10H2,1-2H3,(H,16,17). The predicted octanol–water partition coefficient (Wildman–Crippen LogP) is -0.511. The van der Waals surface area contributed by atoms with Gasteiger partial charge in [0.1, 0.15) is 6.54 Å². The molecule has 2 saturated heterocycles. The molecule has 22 heavy (non-hydrogen) atoms. The lowest BCUT2D eigenvalue weighted by Crippen LogP contribution is -2.56. The molecule has 0 aromatic heterocycles. The number of hydrogen-bond donors (Lipinski definition) is 1. The van der Waals surface area contributed by atoms with Crippen LogP contribution in [-0.4, -0.2) is 84.8 Å². The van der Waals surface area contributed by atoms with Crippen molar-refractivity contribution in [2.75, 3.05) is 40.3 Å². The third-order valence-corrected chi connectivity index (χ3v) is 4.57. The van der Waals surface area contributed by atoms with E-state index in [0.717, 1.165) is 32.0 Å². The van der Waals surface area contributed by atoms with Crippen LogP contribution >= 0.6 is 0 Å². The van der Waals surface area contributed by atoms with Crippen molar-refractivity contribution in [3.63, 3.8) is 0 Å². The summed E-state index contributed by atoms with van der Waals surface area (Å²) in [6, 6.07) is 0.799. The highest BCUT2D eigenvalue weighted by Crippen LogP contribution is 2.24. The monoisotopic (exact) mass is 307 g/mol. The number of carbonyl (C=O) groups excluding carboxylic acids is 2. The molecule has 2 aliphatic heterocycles. The largest absolute Gasteiger partial charge is 0.353 e. The summed E-state index contributed by atoms with van der Waals surface area (Å²) in [5.41, 5.74) is 0. The Bertz CT molecular complexity index is 486. The summed E-state index contributed by atoms with van der Waals surface area (Å²) in [6.07, 6.45) is 3.94. The van der Waals surface area contributed by atoms with Gasteiger partial charge in [-0.3, -0.25) is 9.59 Å². The van der Waals surface area contributed by atoms with Gasteiger partial charge in [0, 0.05) is 52.2 Å². The van der Waals surface area contributed by atoms with Gasteiger partial charge in [-0.1, -0.05) is 0 Å². The normalized spacial score (nSPS) is 25.3. The van der Waals surface area contributed by atoms with E-state index in [2.05, 4.69) is 15.2 Å². The fourth-order valence-electron chi connectivity index (χ4n) is 2.99. The number of likely N-dealkylation sites (N-methyl/N-ethyl adjacent to an activating group) is 1. The Kier molecular flexibility index (Phi) is 4.22. The summed E-state index contributed by atoms with van der Waals surface area (Å²) in [6.45, 7) is 2.54. The van der Waals surface area contributed by atoms with Crippen LogP contribution in [0, 0.1) is 0 Å². The zero-order valence-electron chi connectivity index (χ0n) is 13.4. The molecule has 7 heteroatoms. The van der Waals surface area contributed by atoms with E-state index in [1.807, 2.05) is 4.90 Å². The number of hydrogen-bond acceptors (Lipinski definition) is 3. The maximum Gasteiger partial charge on any atom is 0.243 e. The lowest BCUT2D eigenvalue weighted by atomic mass is 10.1. The Hall–Kier alpha value is -1.79. The van der Waals surface area contributed by atoms with Crippen molar-refractivity contribution in [1.82, 2.24) is 20.0 Å². The van der Waals surface area contributed by atoms with Gasteiger partial charge in [0.25, 0.3) is 0 Å². The Morgan fingerprint density at radius 2 is 2.09 bits per heavy atom. The number of rotatable bonds is 3. The molecule has 122 valence electrons. The summed E-state index contributed by atoms with van der Waals surface area (Å²) in [4.78, 5) is 33.8. The molecule has 0 spiro atoms. The quantitative estimate of drug-likeness (QED) is 0.563. The summed E-state index contributed by atoms with van der Waals surface area (Å²) in [7, 11) is 3.49. The molecule has 3 fully saturated rings. The zero-order chi connectivity index (χ0) is 15.7. The van der Waals surface area contributed by atoms with Crippen LogP contribution in [0.3, 0.4) is 0 Å². The first-order chi connectivity index (χ1) is 10.5. The first-order valence-corrected chi connectivity index (χ1v) is 8.10. The van der Waals surface area contributed by atoms with Gasteiger partial charge in [0.2, 0.25) is 11.8 Å². The van der Waals surface area contributed by atoms with Gasteiger partial charge >= 0.3 is 0 Å². The van der Waals surface area contributed by atoms with E-state index in [0.29, 0.717) is 18.5 Å². The van der Waals surface area contributed by atoms with Gasteiger partial charge in [-0.25, -0.2) is 4.99 Å². The van der Waals surface area contributed by atoms with Crippen molar-refractivity contribution in [3.05, 3.63) is 0 Å². The highest BCUT2D eigenvalue weighted by Gasteiger charge is 2.37. The highest BCUT2D eigenvalue weighted by atomic mass is 16.2. The molecule has 0 aromatic rings. The predicted molar refractivity (Wildman–Crippen MR) is 83.5 cm³/mol. The minimum atomic E-state index is 0.00442. The number of guanidine groups is 1. The van der Waals surface area contributed by atoms with E-state index < -0.39 is 0 Å². The number of carbonyl (C=O) groups is 2. The Morgan fingerprint density at radius 1 is 1.32 bits per heavy atom. The Balaban J connectivity index is 1.65. The number of nitrogens with one attached hydrogen (secondary N) is 1. The summed E-state index contributed by atoms with van der Waals surface area (Å²) in [5.74, 6) is 1.11. The summed E-state index contributed by atoms with van der Waals surface area (Å²) >= 11 is 0. The molecule has 1 saturated carbocycles. The molecule has 1 N–H and O–H groups in total. The molecule has 0 aromatic carbocycles. The molecular weight excluding hydrogens is 282 g/mol. The highest BCUT2D eigenvalue weighted by molar-refractivity contribution is 5.86. The second-order valence-electron chi connectivity index (χ2n) is 6.57. The van der Waals surface area contributed by atoms with Gasteiger partial charge in [-0.2, -0.15) is 0 Å². The number of nitrogens with zero attached hydrogens (tertiary/aromatic N) is 4. The zero-order valence-corrected chi connectivity index (χ0v) is 13.4. The first-order valence-electron chi connectivity index (χ1n) is 8.10. The van der Waals surface area contributed by atoms with Gasteiger partial charge < -0.3 is 20.0 Å². The minimum absolute atomic E-state index is 0.00442. The number of fused-ring (bicyclic) bond motifs is 1. The molecule has 1 aliphatic carbocycles. The van der Waals surface area contributed by atoms with Gasteiger partial charge in [0.15, 0.2) is 5.96 Å². The average Bonchev–Trinajstić information content (AvgIpc) is 3.25. The topological polar surface area (TPSA) is 68.2 Å². The molecule has 0 radical (unpaired) electrons. The van der Waals surface area contributed by atoms with Crippen LogP contribution in [0.25, 0.3) is 0 Å². The summed E-state index contributed by atoms with van der Waals surface area (Å²) < 4.78 is 0. The van der Waals surface area contributed by atoms with Crippen LogP contribution in [0.15, 0.2) is 4.99 Å². The number of piperazine rings is 1. The fraction of sp³-hybridized carbons (Fsp3) is 0.800. The van der Waals surface area contributed by atoms with Crippen molar-refractivity contribution in [3.8, 4) is 0 Å². The van der Waals surface area contributed by atoms with Gasteiger partial charge in [0.05, 0.1) is 0 Å². The molecule has 7 nitrogen and oxygen atoms in total. The van der Waals surface area contributed by atoms with E-state index >= 15 is 0 Å². The van der Waals surface area contributed by atoms with E-state index in [1.54, 1.807) is 19.0 Å². The van der Waals surface area contributed by atoms with Crippen LogP contribution in [0.4, 0.5) is 0 Å². The van der Waals surface area contributed by atoms with Crippen molar-refractivity contribution < 1.29 is 9.59 Å². The third-order valence-electron chi connectivity index (χ3n) is 4.57. The Labute approximate surface area is 131 Å². The molecule has 2 heterocycles. The first kappa shape index (κ1) is 15.1. The van der Waals surface area contributed by atoms with E-state index in [9.17, 15) is 9.59 Å². The molecule has 3 rings (SSSR count). The van der Waals surface area contributed by atoms with E-state index in [-0.39, 0.29) is 18.4 Å². The average molecular weight is 307 g/mol. The van der Waals surface area contributed by atoms with Crippen LogP contribution in [-0.2, 0) is 9.59 Å². The number of aliphatic imine (C=N–C) groups is 1. The van der Waals surface area contributed by atoms with Crippen LogP contribution in [0.5, 0.6) is 0 Å². The van der Waals surface area contributed by atoms with Gasteiger partial charge in [-0.15, -0.1) is 0 Å². The van der Waals surface area contributed by atoms with Crippen molar-refractivity contribution in [2.45, 2.75) is 37.8 Å². The van der Waals surface area contributed by atoms with E-state index in [4.69, 9.17) is 0 Å². The van der Waals surface area contributed by atoms with Crippen molar-refractivity contribution in [2.24, 2.45) is 4.99 Å².